The summed E-state index contributed by atoms with van der Waals surface area (Å²) in [6, 6.07) is 6.08. The summed E-state index contributed by atoms with van der Waals surface area (Å²) < 4.78 is 13.1. The number of hydrogen-bond donors (Lipinski definition) is 1. The molecule has 10 heteroatoms. The number of rotatable bonds is 9. The van der Waals surface area contributed by atoms with Crippen LogP contribution in [0.2, 0.25) is 0 Å². The zero-order chi connectivity index (χ0) is 25.7. The largest absolute Gasteiger partial charge is 0.485 e. The molecule has 1 aromatic carbocycles. The first-order chi connectivity index (χ1) is 17.4. The molecule has 0 bridgehead atoms. The van der Waals surface area contributed by atoms with Crippen LogP contribution in [0.3, 0.4) is 0 Å². The summed E-state index contributed by atoms with van der Waals surface area (Å²) >= 11 is 2.80. The summed E-state index contributed by atoms with van der Waals surface area (Å²) in [4.78, 5) is 26.7. The van der Waals surface area contributed by atoms with Gasteiger partial charge in [-0.15, -0.1) is 21.5 Å². The third kappa shape index (κ3) is 6.10. The molecule has 1 N–H and O–H groups in total. The Balaban J connectivity index is 1.39. The number of carbonyl (C=O) groups excluding carboxylic acids is 2. The summed E-state index contributed by atoms with van der Waals surface area (Å²) in [5.74, 6) is 1.08. The van der Waals surface area contributed by atoms with Crippen LogP contribution in [0.15, 0.2) is 23.4 Å². The molecule has 0 unspecified atom stereocenters. The maximum Gasteiger partial charge on any atom is 0.341 e. The number of carbonyl (C=O) groups is 2. The van der Waals surface area contributed by atoms with Crippen molar-refractivity contribution in [1.29, 1.82) is 0 Å². The quantitative estimate of drug-likeness (QED) is 0.230. The molecule has 36 heavy (non-hydrogen) atoms. The van der Waals surface area contributed by atoms with E-state index in [9.17, 15) is 9.59 Å². The van der Waals surface area contributed by atoms with Crippen molar-refractivity contribution >= 4 is 40.0 Å². The first kappa shape index (κ1) is 26.2. The summed E-state index contributed by atoms with van der Waals surface area (Å²) in [5.41, 5.74) is 3.76. The van der Waals surface area contributed by atoms with Crippen molar-refractivity contribution in [3.8, 4) is 5.75 Å². The number of thiophene rings is 1. The van der Waals surface area contributed by atoms with Gasteiger partial charge >= 0.3 is 5.97 Å². The van der Waals surface area contributed by atoms with E-state index in [1.54, 1.807) is 6.92 Å². The molecule has 0 fully saturated rings. The molecule has 8 nitrogen and oxygen atoms in total. The zero-order valence-electron chi connectivity index (χ0n) is 21.2. The number of ether oxygens (including phenoxy) is 2. The number of nitrogens with zero attached hydrogens (tertiary/aromatic N) is 3. The van der Waals surface area contributed by atoms with Crippen LogP contribution in [0, 0.1) is 13.8 Å². The van der Waals surface area contributed by atoms with Gasteiger partial charge in [-0.25, -0.2) is 4.79 Å². The van der Waals surface area contributed by atoms with E-state index in [1.807, 2.05) is 43.7 Å². The van der Waals surface area contributed by atoms with Gasteiger partial charge in [0.1, 0.15) is 17.4 Å². The number of hydrogen-bond acceptors (Lipinski definition) is 8. The second-order valence-electron chi connectivity index (χ2n) is 8.84. The Labute approximate surface area is 219 Å². The van der Waals surface area contributed by atoms with E-state index in [-0.39, 0.29) is 24.2 Å². The predicted molar refractivity (Wildman–Crippen MR) is 142 cm³/mol. The van der Waals surface area contributed by atoms with Gasteiger partial charge in [-0.2, -0.15) is 0 Å². The Morgan fingerprint density at radius 2 is 1.97 bits per heavy atom. The smallest absolute Gasteiger partial charge is 0.341 e. The lowest BCUT2D eigenvalue weighted by molar-refractivity contribution is -0.113. The molecular formula is C26H32N4O4S2. The molecule has 0 atom stereocenters. The fourth-order valence-corrected chi connectivity index (χ4v) is 6.17. The highest BCUT2D eigenvalue weighted by Crippen LogP contribution is 2.38. The molecule has 3 aromatic rings. The highest BCUT2D eigenvalue weighted by Gasteiger charge is 2.26. The maximum atomic E-state index is 12.8. The molecule has 2 heterocycles. The number of fused-ring (bicyclic) bond motifs is 1. The number of esters is 1. The topological polar surface area (TPSA) is 95.3 Å². The molecule has 1 aliphatic carbocycles. The van der Waals surface area contributed by atoms with E-state index >= 15 is 0 Å². The Morgan fingerprint density at radius 3 is 2.78 bits per heavy atom. The average molecular weight is 529 g/mol. The van der Waals surface area contributed by atoms with Crippen LogP contribution < -0.4 is 10.1 Å². The number of aryl methyl sites for hydroxylation is 3. The SMILES string of the molecule is CCOC(=O)c1c(NC(=O)CSc2nnc(COc3cc(C)ccc3C)n2C)sc2c1CCCCC2. The number of thioether (sulfide) groups is 1. The molecule has 0 radical (unpaired) electrons. The van der Waals surface area contributed by atoms with Gasteiger partial charge in [0, 0.05) is 11.9 Å². The first-order valence-corrected chi connectivity index (χ1v) is 14.0. The van der Waals surface area contributed by atoms with Gasteiger partial charge in [0.15, 0.2) is 11.0 Å². The standard InChI is InChI=1S/C26H32N4O4S2/c1-5-33-25(32)23-18-9-7-6-8-10-20(18)36-24(23)27-22(31)15-35-26-29-28-21(30(26)4)14-34-19-13-16(2)11-12-17(19)3/h11-13H,5-10,14-15H2,1-4H3,(H,27,31). The van der Waals surface area contributed by atoms with Crippen molar-refractivity contribution in [2.24, 2.45) is 7.05 Å². The summed E-state index contributed by atoms with van der Waals surface area (Å²) in [7, 11) is 1.86. The van der Waals surface area contributed by atoms with Gasteiger partial charge in [-0.3, -0.25) is 4.79 Å². The van der Waals surface area contributed by atoms with E-state index < -0.39 is 0 Å². The van der Waals surface area contributed by atoms with E-state index in [0.29, 0.717) is 28.2 Å². The lowest BCUT2D eigenvalue weighted by atomic mass is 10.1. The Kier molecular flexibility index (Phi) is 8.68. The zero-order valence-corrected chi connectivity index (χ0v) is 22.8. The molecular weight excluding hydrogens is 496 g/mol. The third-order valence-corrected chi connectivity index (χ3v) is 8.34. The van der Waals surface area contributed by atoms with Gasteiger partial charge in [-0.1, -0.05) is 30.3 Å². The molecule has 1 aliphatic rings. The molecule has 192 valence electrons. The Hall–Kier alpha value is -2.85. The minimum absolute atomic E-state index is 0.147. The van der Waals surface area contributed by atoms with Crippen LogP contribution in [0.25, 0.3) is 0 Å². The van der Waals surface area contributed by atoms with Crippen molar-refractivity contribution in [2.75, 3.05) is 17.7 Å². The minimum Gasteiger partial charge on any atom is -0.485 e. The second kappa shape index (κ2) is 11.9. The summed E-state index contributed by atoms with van der Waals surface area (Å²) in [5, 5.41) is 12.6. The van der Waals surface area contributed by atoms with Crippen molar-refractivity contribution in [3.63, 3.8) is 0 Å². The minimum atomic E-state index is -0.360. The molecule has 0 aliphatic heterocycles. The highest BCUT2D eigenvalue weighted by molar-refractivity contribution is 7.99. The van der Waals surface area contributed by atoms with E-state index in [1.165, 1.54) is 28.0 Å². The van der Waals surface area contributed by atoms with Crippen molar-refractivity contribution in [1.82, 2.24) is 14.8 Å². The van der Waals surface area contributed by atoms with Crippen molar-refractivity contribution in [3.05, 3.63) is 51.2 Å². The van der Waals surface area contributed by atoms with Crippen LogP contribution in [0.1, 0.15) is 63.9 Å². The number of benzene rings is 1. The Bertz CT molecular complexity index is 1250. The third-order valence-electron chi connectivity index (χ3n) is 6.11. The average Bonchev–Trinajstić information content (AvgIpc) is 3.28. The molecule has 2 aromatic heterocycles. The van der Waals surface area contributed by atoms with Crippen LogP contribution in [-0.4, -0.2) is 39.0 Å². The van der Waals surface area contributed by atoms with Crippen LogP contribution in [-0.2, 0) is 36.0 Å². The summed E-state index contributed by atoms with van der Waals surface area (Å²) in [6.45, 7) is 6.40. The second-order valence-corrected chi connectivity index (χ2v) is 10.9. The molecule has 0 spiro atoms. The molecule has 0 saturated carbocycles. The predicted octanol–water partition coefficient (Wildman–Crippen LogP) is 5.25. The molecule has 4 rings (SSSR count). The van der Waals surface area contributed by atoms with Gasteiger partial charge in [-0.05, 0) is 69.2 Å². The van der Waals surface area contributed by atoms with E-state index in [4.69, 9.17) is 9.47 Å². The maximum absolute atomic E-state index is 12.8. The monoisotopic (exact) mass is 528 g/mol. The number of aromatic nitrogens is 3. The fourth-order valence-electron chi connectivity index (χ4n) is 4.14. The Morgan fingerprint density at radius 1 is 1.17 bits per heavy atom. The lowest BCUT2D eigenvalue weighted by Crippen LogP contribution is -2.17. The fraction of sp³-hybridized carbons (Fsp3) is 0.462. The van der Waals surface area contributed by atoms with Gasteiger partial charge in [0.05, 0.1) is 17.9 Å². The van der Waals surface area contributed by atoms with Crippen molar-refractivity contribution in [2.45, 2.75) is 64.6 Å². The first-order valence-electron chi connectivity index (χ1n) is 12.2. The van der Waals surface area contributed by atoms with Crippen LogP contribution >= 0.6 is 23.1 Å². The normalized spacial score (nSPS) is 13.1. The molecule has 0 saturated heterocycles. The van der Waals surface area contributed by atoms with Gasteiger partial charge in [0.25, 0.3) is 0 Å². The van der Waals surface area contributed by atoms with E-state index in [2.05, 4.69) is 15.5 Å². The molecule has 1 amide bonds. The highest BCUT2D eigenvalue weighted by atomic mass is 32.2. The number of amides is 1. The van der Waals surface area contributed by atoms with E-state index in [0.717, 1.165) is 54.5 Å². The van der Waals surface area contributed by atoms with Crippen molar-refractivity contribution < 1.29 is 19.1 Å². The van der Waals surface area contributed by atoms with Crippen LogP contribution in [0.5, 0.6) is 5.75 Å². The number of nitrogens with one attached hydrogen (secondary N) is 1. The van der Waals surface area contributed by atoms with Gasteiger partial charge < -0.3 is 19.4 Å². The summed E-state index contributed by atoms with van der Waals surface area (Å²) in [6.07, 6.45) is 5.07. The lowest BCUT2D eigenvalue weighted by Gasteiger charge is -2.10. The van der Waals surface area contributed by atoms with Crippen LogP contribution in [0.4, 0.5) is 5.00 Å². The van der Waals surface area contributed by atoms with Gasteiger partial charge in [0.2, 0.25) is 5.91 Å². The number of anilines is 1.